The lowest BCUT2D eigenvalue weighted by atomic mass is 10.0. The van der Waals surface area contributed by atoms with E-state index in [1.54, 1.807) is 24.4 Å². The van der Waals surface area contributed by atoms with E-state index in [0.717, 1.165) is 22.6 Å². The fourth-order valence-corrected chi connectivity index (χ4v) is 4.84. The standard InChI is InChI=1S/C27H24N4O7/c32-22-9-8-21(24(33)30-22)31-26(34)19-2-1-3-20(23(19)27(31)35)28-12-18-13-29-25(38-18)15-4-6-16(7-5-15)37-17-10-11-36-14-17/h1-7,13,17,21,28H,8-12,14H2,(H,30,32,33)/t17-,21?/m1/s1. The lowest BCUT2D eigenvalue weighted by molar-refractivity contribution is -0.136. The van der Waals surface area contributed by atoms with E-state index in [4.69, 9.17) is 13.9 Å². The Morgan fingerprint density at radius 2 is 1.89 bits per heavy atom. The van der Waals surface area contributed by atoms with Crippen molar-refractivity contribution in [3.8, 4) is 17.2 Å². The van der Waals surface area contributed by atoms with Crippen molar-refractivity contribution in [2.24, 2.45) is 0 Å². The molecule has 11 heteroatoms. The van der Waals surface area contributed by atoms with Gasteiger partial charge in [0, 0.05) is 24.1 Å². The number of piperidine rings is 1. The summed E-state index contributed by atoms with van der Waals surface area (Å²) in [6.45, 7) is 1.52. The van der Waals surface area contributed by atoms with Crippen LogP contribution in [0.15, 0.2) is 53.1 Å². The molecule has 4 heterocycles. The van der Waals surface area contributed by atoms with Crippen LogP contribution in [0.3, 0.4) is 0 Å². The summed E-state index contributed by atoms with van der Waals surface area (Å²) in [7, 11) is 0. The summed E-state index contributed by atoms with van der Waals surface area (Å²) in [4.78, 5) is 55.4. The predicted molar refractivity (Wildman–Crippen MR) is 132 cm³/mol. The molecule has 2 N–H and O–H groups in total. The zero-order chi connectivity index (χ0) is 26.2. The number of hydrogen-bond acceptors (Lipinski definition) is 9. The molecule has 11 nitrogen and oxygen atoms in total. The van der Waals surface area contributed by atoms with Crippen LogP contribution in [0.5, 0.6) is 5.75 Å². The average Bonchev–Trinajstić information content (AvgIpc) is 3.66. The largest absolute Gasteiger partial charge is 0.488 e. The number of hydrogen-bond donors (Lipinski definition) is 2. The number of benzene rings is 2. The van der Waals surface area contributed by atoms with Crippen molar-refractivity contribution < 1.29 is 33.1 Å². The molecule has 2 fully saturated rings. The number of aromatic nitrogens is 1. The minimum Gasteiger partial charge on any atom is -0.488 e. The first kappa shape index (κ1) is 23.9. The Kier molecular flexibility index (Phi) is 6.12. The maximum Gasteiger partial charge on any atom is 0.264 e. The van der Waals surface area contributed by atoms with Crippen molar-refractivity contribution in [1.82, 2.24) is 15.2 Å². The Labute approximate surface area is 217 Å². The van der Waals surface area contributed by atoms with Gasteiger partial charge < -0.3 is 19.2 Å². The first-order valence-electron chi connectivity index (χ1n) is 12.4. The summed E-state index contributed by atoms with van der Waals surface area (Å²) >= 11 is 0. The van der Waals surface area contributed by atoms with E-state index >= 15 is 0 Å². The second-order valence-corrected chi connectivity index (χ2v) is 9.29. The smallest absolute Gasteiger partial charge is 0.264 e. The van der Waals surface area contributed by atoms with Crippen molar-refractivity contribution in [2.45, 2.75) is 38.0 Å². The molecule has 2 saturated heterocycles. The topological polar surface area (TPSA) is 140 Å². The third-order valence-corrected chi connectivity index (χ3v) is 6.77. The van der Waals surface area contributed by atoms with Gasteiger partial charge in [-0.25, -0.2) is 4.98 Å². The third kappa shape index (κ3) is 4.41. The molecule has 6 rings (SSSR count). The number of amides is 4. The number of imide groups is 2. The van der Waals surface area contributed by atoms with Crippen LogP contribution in [0.4, 0.5) is 5.69 Å². The lowest BCUT2D eigenvalue weighted by Gasteiger charge is -2.27. The van der Waals surface area contributed by atoms with Gasteiger partial charge in [0.25, 0.3) is 11.8 Å². The number of oxazole rings is 1. The van der Waals surface area contributed by atoms with Crippen LogP contribution in [0, 0.1) is 0 Å². The van der Waals surface area contributed by atoms with Crippen LogP contribution in [-0.2, 0) is 20.9 Å². The Hall–Kier alpha value is -4.51. The van der Waals surface area contributed by atoms with Crippen LogP contribution in [0.25, 0.3) is 11.5 Å². The van der Waals surface area contributed by atoms with E-state index in [2.05, 4.69) is 15.6 Å². The molecule has 3 aromatic rings. The van der Waals surface area contributed by atoms with Crippen molar-refractivity contribution in [2.75, 3.05) is 18.5 Å². The van der Waals surface area contributed by atoms with Gasteiger partial charge in [-0.1, -0.05) is 6.07 Å². The van der Waals surface area contributed by atoms with Crippen LogP contribution in [0.1, 0.15) is 45.7 Å². The Balaban J connectivity index is 1.14. The molecule has 0 radical (unpaired) electrons. The zero-order valence-electron chi connectivity index (χ0n) is 20.3. The highest BCUT2D eigenvalue weighted by Gasteiger charge is 2.45. The number of anilines is 1. The number of ether oxygens (including phenoxy) is 2. The van der Waals surface area contributed by atoms with Crippen molar-refractivity contribution in [3.05, 3.63) is 65.5 Å². The van der Waals surface area contributed by atoms with E-state index in [-0.39, 0.29) is 36.6 Å². The molecule has 1 unspecified atom stereocenters. The fourth-order valence-electron chi connectivity index (χ4n) is 4.84. The van der Waals surface area contributed by atoms with Crippen LogP contribution < -0.4 is 15.4 Å². The normalized spacial score (nSPS) is 21.0. The fraction of sp³-hybridized carbons (Fsp3) is 0.296. The monoisotopic (exact) mass is 516 g/mol. The minimum atomic E-state index is -1.02. The van der Waals surface area contributed by atoms with E-state index in [1.165, 1.54) is 0 Å². The van der Waals surface area contributed by atoms with Gasteiger partial charge in [0.2, 0.25) is 17.7 Å². The summed E-state index contributed by atoms with van der Waals surface area (Å²) in [6.07, 6.45) is 2.69. The molecule has 38 heavy (non-hydrogen) atoms. The molecule has 3 aliphatic heterocycles. The SMILES string of the molecule is O=C1CCC(N2C(=O)c3cccc(NCc4cnc(-c5ccc(O[C@@H]6CCOC6)cc5)o4)c3C2=O)C(=O)N1. The molecular formula is C27H24N4O7. The second kappa shape index (κ2) is 9.75. The van der Waals surface area contributed by atoms with E-state index in [1.807, 2.05) is 24.3 Å². The number of fused-ring (bicyclic) bond motifs is 1. The number of carbonyl (C=O) groups is 4. The van der Waals surface area contributed by atoms with E-state index in [9.17, 15) is 19.2 Å². The van der Waals surface area contributed by atoms with Gasteiger partial charge in [-0.15, -0.1) is 0 Å². The quantitative estimate of drug-likeness (QED) is 0.453. The van der Waals surface area contributed by atoms with Gasteiger partial charge in [0.05, 0.1) is 37.1 Å². The lowest BCUT2D eigenvalue weighted by Crippen LogP contribution is -2.54. The van der Waals surface area contributed by atoms with Crippen molar-refractivity contribution >= 4 is 29.3 Å². The maximum absolute atomic E-state index is 13.2. The number of nitrogens with zero attached hydrogens (tertiary/aromatic N) is 2. The van der Waals surface area contributed by atoms with E-state index < -0.39 is 29.7 Å². The van der Waals surface area contributed by atoms with Crippen LogP contribution in [-0.4, -0.2) is 58.9 Å². The molecule has 194 valence electrons. The van der Waals surface area contributed by atoms with Gasteiger partial charge in [-0.05, 0) is 42.8 Å². The van der Waals surface area contributed by atoms with Crippen molar-refractivity contribution in [3.63, 3.8) is 0 Å². The highest BCUT2D eigenvalue weighted by molar-refractivity contribution is 6.25. The molecule has 0 bridgehead atoms. The number of carbonyl (C=O) groups excluding carboxylic acids is 4. The molecular weight excluding hydrogens is 492 g/mol. The van der Waals surface area contributed by atoms with Gasteiger partial charge in [0.15, 0.2) is 0 Å². The minimum absolute atomic E-state index is 0.0635. The molecule has 3 aliphatic rings. The molecule has 0 aliphatic carbocycles. The Bertz CT molecular complexity index is 1430. The summed E-state index contributed by atoms with van der Waals surface area (Å²) in [6, 6.07) is 11.3. The summed E-state index contributed by atoms with van der Waals surface area (Å²) in [5, 5.41) is 5.35. The Morgan fingerprint density at radius 3 is 2.66 bits per heavy atom. The molecule has 1 aromatic heterocycles. The molecule has 4 amide bonds. The van der Waals surface area contributed by atoms with Gasteiger partial charge in [-0.3, -0.25) is 29.4 Å². The first-order valence-corrected chi connectivity index (χ1v) is 12.4. The predicted octanol–water partition coefficient (Wildman–Crippen LogP) is 2.52. The van der Waals surface area contributed by atoms with Crippen molar-refractivity contribution in [1.29, 1.82) is 0 Å². The zero-order valence-corrected chi connectivity index (χ0v) is 20.3. The summed E-state index contributed by atoms with van der Waals surface area (Å²) in [5.74, 6) is -0.482. The van der Waals surface area contributed by atoms with Gasteiger partial charge in [-0.2, -0.15) is 0 Å². The third-order valence-electron chi connectivity index (χ3n) is 6.77. The number of rotatable bonds is 7. The average molecular weight is 517 g/mol. The van der Waals surface area contributed by atoms with Crippen LogP contribution in [0.2, 0.25) is 0 Å². The maximum atomic E-state index is 13.2. The molecule has 0 saturated carbocycles. The second-order valence-electron chi connectivity index (χ2n) is 9.29. The van der Waals surface area contributed by atoms with Gasteiger partial charge in [0.1, 0.15) is 23.7 Å². The van der Waals surface area contributed by atoms with E-state index in [0.29, 0.717) is 30.6 Å². The molecule has 2 atom stereocenters. The Morgan fingerprint density at radius 1 is 1.05 bits per heavy atom. The van der Waals surface area contributed by atoms with Gasteiger partial charge >= 0.3 is 0 Å². The first-order chi connectivity index (χ1) is 18.5. The molecule has 2 aromatic carbocycles. The summed E-state index contributed by atoms with van der Waals surface area (Å²) in [5.41, 5.74) is 1.61. The number of nitrogens with one attached hydrogen (secondary N) is 2. The summed E-state index contributed by atoms with van der Waals surface area (Å²) < 4.78 is 17.1. The highest BCUT2D eigenvalue weighted by Crippen LogP contribution is 2.33. The highest BCUT2D eigenvalue weighted by atomic mass is 16.5. The molecule has 0 spiro atoms. The van der Waals surface area contributed by atoms with Crippen LogP contribution >= 0.6 is 0 Å².